The molecule has 3 nitrogen and oxygen atoms in total. The first-order valence-electron chi connectivity index (χ1n) is 16.7. The van der Waals surface area contributed by atoms with E-state index in [4.69, 9.17) is 9.98 Å². The average molecular weight is 614 g/mol. The highest BCUT2D eigenvalue weighted by Crippen LogP contribution is 2.46. The van der Waals surface area contributed by atoms with Crippen LogP contribution in [0, 0.1) is 0 Å². The van der Waals surface area contributed by atoms with Gasteiger partial charge >= 0.3 is 0 Å². The lowest BCUT2D eigenvalue weighted by molar-refractivity contribution is 0.857. The Labute approximate surface area is 279 Å². The van der Waals surface area contributed by atoms with E-state index in [0.717, 1.165) is 34.9 Å². The van der Waals surface area contributed by atoms with E-state index in [1.165, 1.54) is 55.2 Å². The molecule has 6 aromatic carbocycles. The van der Waals surface area contributed by atoms with E-state index in [2.05, 4.69) is 168 Å². The Morgan fingerprint density at radius 3 is 2.12 bits per heavy atom. The molecule has 3 aliphatic rings. The van der Waals surface area contributed by atoms with Crippen LogP contribution in [0.15, 0.2) is 174 Å². The number of hydrogen-bond acceptors (Lipinski definition) is 2. The van der Waals surface area contributed by atoms with E-state index < -0.39 is 0 Å². The number of hydrogen-bond donors (Lipinski definition) is 0. The minimum absolute atomic E-state index is 0.0351. The lowest BCUT2D eigenvalue weighted by atomic mass is 9.87. The van der Waals surface area contributed by atoms with Crippen LogP contribution in [0.3, 0.4) is 0 Å². The maximum Gasteiger partial charge on any atom is 0.128 e. The van der Waals surface area contributed by atoms with Gasteiger partial charge in [0.25, 0.3) is 0 Å². The first-order valence-corrected chi connectivity index (χ1v) is 16.7. The third kappa shape index (κ3) is 4.21. The number of nitrogens with zero attached hydrogens (tertiary/aromatic N) is 3. The summed E-state index contributed by atoms with van der Waals surface area (Å²) in [6, 6.07) is 52.2. The standard InChI is InChI=1S/C45H31N3/c1-2-10-29(11-3-1)30-18-20-31(21-19-30)32-22-24-33(25-23-32)34-26-27-36-35-12-6-9-17-41(35)48(42(36)28-34)45-43-37-13-4-7-15-39(37)46-44(43)38-14-5-8-16-40(38)47-45/h1-24,26-28,33,43H,25H2. The van der Waals surface area contributed by atoms with Crippen LogP contribution < -0.4 is 0 Å². The summed E-state index contributed by atoms with van der Waals surface area (Å²) in [6.07, 6.45) is 8.02. The second-order valence-corrected chi connectivity index (χ2v) is 12.9. The third-order valence-electron chi connectivity index (χ3n) is 10.2. The summed E-state index contributed by atoms with van der Waals surface area (Å²) < 4.78 is 2.41. The van der Waals surface area contributed by atoms with Gasteiger partial charge in [-0.2, -0.15) is 0 Å². The molecule has 0 radical (unpaired) electrons. The largest absolute Gasteiger partial charge is 0.296 e. The summed E-state index contributed by atoms with van der Waals surface area (Å²) in [6.45, 7) is 0. The summed E-state index contributed by atoms with van der Waals surface area (Å²) in [7, 11) is 0. The Bertz CT molecular complexity index is 2530. The van der Waals surface area contributed by atoms with Crippen molar-refractivity contribution < 1.29 is 0 Å². The quantitative estimate of drug-likeness (QED) is 0.190. The Kier molecular flexibility index (Phi) is 6.07. The van der Waals surface area contributed by atoms with E-state index in [0.29, 0.717) is 5.92 Å². The summed E-state index contributed by atoms with van der Waals surface area (Å²) in [5, 5.41) is 2.49. The molecule has 0 saturated heterocycles. The normalized spacial score (nSPS) is 17.8. The van der Waals surface area contributed by atoms with Gasteiger partial charge in [-0.25, -0.2) is 4.99 Å². The molecule has 0 fully saturated rings. The van der Waals surface area contributed by atoms with Crippen molar-refractivity contribution >= 4 is 50.3 Å². The molecular formula is C45H31N3. The van der Waals surface area contributed by atoms with Crippen molar-refractivity contribution in [2.45, 2.75) is 18.3 Å². The highest BCUT2D eigenvalue weighted by Gasteiger charge is 2.38. The molecule has 0 spiro atoms. The van der Waals surface area contributed by atoms with Gasteiger partial charge in [-0.05, 0) is 64.1 Å². The molecule has 3 heterocycles. The highest BCUT2D eigenvalue weighted by molar-refractivity contribution is 6.29. The van der Waals surface area contributed by atoms with Crippen molar-refractivity contribution in [1.29, 1.82) is 0 Å². The number of benzene rings is 6. The zero-order valence-corrected chi connectivity index (χ0v) is 26.3. The van der Waals surface area contributed by atoms with Crippen molar-refractivity contribution in [3.05, 3.63) is 186 Å². The molecule has 0 N–H and O–H groups in total. The Morgan fingerprint density at radius 2 is 1.27 bits per heavy atom. The average Bonchev–Trinajstić information content (AvgIpc) is 3.71. The fraction of sp³-hybridized carbons (Fsp3) is 0.0667. The van der Waals surface area contributed by atoms with Gasteiger partial charge in [0.05, 0.1) is 34.0 Å². The van der Waals surface area contributed by atoms with Crippen LogP contribution in [0.1, 0.15) is 40.5 Å². The molecule has 7 aromatic rings. The van der Waals surface area contributed by atoms with Gasteiger partial charge < -0.3 is 0 Å². The zero-order chi connectivity index (χ0) is 31.6. The number of rotatable bonds is 3. The lowest BCUT2D eigenvalue weighted by Crippen LogP contribution is -2.29. The number of allylic oxidation sites excluding steroid dienone is 4. The van der Waals surface area contributed by atoms with Gasteiger partial charge in [0.15, 0.2) is 0 Å². The number of fused-ring (bicyclic) bond motifs is 8. The summed E-state index contributed by atoms with van der Waals surface area (Å²) >= 11 is 0. The van der Waals surface area contributed by atoms with Crippen LogP contribution in [-0.2, 0) is 0 Å². The van der Waals surface area contributed by atoms with Gasteiger partial charge in [-0.1, -0.05) is 140 Å². The molecule has 48 heavy (non-hydrogen) atoms. The smallest absolute Gasteiger partial charge is 0.128 e. The number of para-hydroxylation sites is 3. The SMILES string of the molecule is C1=CC(c2ccc3c4ccccc4n(C4=Nc5ccccc5C5=Nc6ccccc6C54)c3c2)CC=C1c1ccc(-c2ccccc2)cc1. The molecule has 2 unspecified atom stereocenters. The van der Waals surface area contributed by atoms with Gasteiger partial charge in [0.2, 0.25) is 0 Å². The van der Waals surface area contributed by atoms with Gasteiger partial charge in [-0.3, -0.25) is 9.56 Å². The van der Waals surface area contributed by atoms with Crippen molar-refractivity contribution in [3.8, 4) is 11.1 Å². The summed E-state index contributed by atoms with van der Waals surface area (Å²) in [4.78, 5) is 10.6. The van der Waals surface area contributed by atoms with Crippen molar-refractivity contribution in [1.82, 2.24) is 4.57 Å². The second-order valence-electron chi connectivity index (χ2n) is 12.9. The predicted molar refractivity (Wildman–Crippen MR) is 200 cm³/mol. The molecule has 226 valence electrons. The molecule has 0 bridgehead atoms. The number of aromatic nitrogens is 1. The highest BCUT2D eigenvalue weighted by atomic mass is 15.1. The van der Waals surface area contributed by atoms with Crippen LogP contribution in [0.25, 0.3) is 38.5 Å². The summed E-state index contributed by atoms with van der Waals surface area (Å²) in [5.74, 6) is 1.28. The van der Waals surface area contributed by atoms with E-state index >= 15 is 0 Å². The third-order valence-corrected chi connectivity index (χ3v) is 10.2. The van der Waals surface area contributed by atoms with Gasteiger partial charge in [0.1, 0.15) is 5.84 Å². The molecule has 3 heteroatoms. The molecule has 10 rings (SSSR count). The molecule has 1 aromatic heterocycles. The first-order chi connectivity index (χ1) is 23.8. The van der Waals surface area contributed by atoms with Crippen LogP contribution >= 0.6 is 0 Å². The fourth-order valence-electron chi connectivity index (χ4n) is 7.84. The molecule has 2 atom stereocenters. The van der Waals surface area contributed by atoms with Gasteiger partial charge in [-0.15, -0.1) is 0 Å². The predicted octanol–water partition coefficient (Wildman–Crippen LogP) is 11.4. The Hall–Kier alpha value is -6.06. The van der Waals surface area contributed by atoms with Crippen LogP contribution in [-0.4, -0.2) is 16.1 Å². The molecule has 0 saturated carbocycles. The molecule has 0 amide bonds. The topological polar surface area (TPSA) is 29.6 Å². The van der Waals surface area contributed by atoms with E-state index in [1.54, 1.807) is 0 Å². The van der Waals surface area contributed by atoms with Crippen molar-refractivity contribution in [3.63, 3.8) is 0 Å². The molecule has 1 aliphatic carbocycles. The van der Waals surface area contributed by atoms with Gasteiger partial charge in [0, 0.05) is 22.3 Å². The first kappa shape index (κ1) is 27.1. The van der Waals surface area contributed by atoms with Crippen LogP contribution in [0.2, 0.25) is 0 Å². The van der Waals surface area contributed by atoms with E-state index in [-0.39, 0.29) is 5.92 Å². The van der Waals surface area contributed by atoms with Crippen molar-refractivity contribution in [2.24, 2.45) is 9.98 Å². The zero-order valence-electron chi connectivity index (χ0n) is 26.3. The van der Waals surface area contributed by atoms with Crippen molar-refractivity contribution in [2.75, 3.05) is 0 Å². The Morgan fingerprint density at radius 1 is 0.562 bits per heavy atom. The van der Waals surface area contributed by atoms with E-state index in [9.17, 15) is 0 Å². The minimum atomic E-state index is -0.0351. The second kappa shape index (κ2) is 10.8. The maximum atomic E-state index is 5.42. The maximum absolute atomic E-state index is 5.42. The van der Waals surface area contributed by atoms with E-state index in [1.807, 2.05) is 0 Å². The number of aliphatic imine (C=N–C) groups is 2. The Balaban J connectivity index is 1.05. The monoisotopic (exact) mass is 613 g/mol. The summed E-state index contributed by atoms with van der Waals surface area (Å²) in [5.41, 5.74) is 14.1. The van der Waals surface area contributed by atoms with Crippen LogP contribution in [0.4, 0.5) is 11.4 Å². The fourth-order valence-corrected chi connectivity index (χ4v) is 7.84. The van der Waals surface area contributed by atoms with Crippen LogP contribution in [0.5, 0.6) is 0 Å². The lowest BCUT2D eigenvalue weighted by Gasteiger charge is -2.26. The molecular weight excluding hydrogens is 583 g/mol. The minimum Gasteiger partial charge on any atom is -0.296 e. The molecule has 2 aliphatic heterocycles.